The van der Waals surface area contributed by atoms with Crippen molar-refractivity contribution in [2.45, 2.75) is 38.4 Å². The molecule has 1 atom stereocenters. The van der Waals surface area contributed by atoms with E-state index in [2.05, 4.69) is 41.2 Å². The van der Waals surface area contributed by atoms with E-state index in [1.807, 2.05) is 7.05 Å². The van der Waals surface area contributed by atoms with Crippen molar-refractivity contribution in [1.82, 2.24) is 10.6 Å². The fourth-order valence-corrected chi connectivity index (χ4v) is 3.10. The predicted molar refractivity (Wildman–Crippen MR) is 101 cm³/mol. The molecule has 0 aromatic heterocycles. The Morgan fingerprint density at radius 2 is 2.15 bits per heavy atom. The maximum absolute atomic E-state index is 5.57. The molecular formula is C14H30IN3OS. The van der Waals surface area contributed by atoms with Crippen molar-refractivity contribution >= 4 is 41.7 Å². The molecule has 120 valence electrons. The number of guanidine groups is 1. The van der Waals surface area contributed by atoms with Gasteiger partial charge in [0.05, 0.1) is 6.61 Å². The fourth-order valence-electron chi connectivity index (χ4n) is 1.90. The summed E-state index contributed by atoms with van der Waals surface area (Å²) >= 11 is 2.06. The molecule has 1 fully saturated rings. The van der Waals surface area contributed by atoms with Crippen molar-refractivity contribution in [1.29, 1.82) is 0 Å². The molecule has 0 radical (unpaired) electrons. The van der Waals surface area contributed by atoms with Crippen LogP contribution in [0.4, 0.5) is 0 Å². The van der Waals surface area contributed by atoms with Gasteiger partial charge < -0.3 is 15.4 Å². The van der Waals surface area contributed by atoms with Crippen LogP contribution in [0.2, 0.25) is 0 Å². The van der Waals surface area contributed by atoms with Crippen LogP contribution in [0, 0.1) is 5.92 Å². The lowest BCUT2D eigenvalue weighted by Crippen LogP contribution is -2.41. The molecule has 6 heteroatoms. The van der Waals surface area contributed by atoms with Gasteiger partial charge in [0.1, 0.15) is 0 Å². The Balaban J connectivity index is 0.00000361. The third-order valence-electron chi connectivity index (χ3n) is 3.12. The van der Waals surface area contributed by atoms with Crippen LogP contribution >= 0.6 is 35.7 Å². The Hall–Kier alpha value is 0.310. The molecule has 0 aromatic carbocycles. The van der Waals surface area contributed by atoms with Crippen molar-refractivity contribution in [3.8, 4) is 0 Å². The quantitative estimate of drug-likeness (QED) is 0.277. The minimum absolute atomic E-state index is 0. The van der Waals surface area contributed by atoms with E-state index in [0.717, 1.165) is 43.9 Å². The first-order valence-corrected chi connectivity index (χ1v) is 8.41. The number of ether oxygens (including phenoxy) is 1. The van der Waals surface area contributed by atoms with E-state index in [-0.39, 0.29) is 24.0 Å². The minimum Gasteiger partial charge on any atom is -0.380 e. The van der Waals surface area contributed by atoms with Crippen LogP contribution in [0.1, 0.15) is 33.1 Å². The summed E-state index contributed by atoms with van der Waals surface area (Å²) in [7, 11) is 1.82. The molecule has 0 bridgehead atoms. The molecule has 0 aliphatic carbocycles. The van der Waals surface area contributed by atoms with Gasteiger partial charge in [-0.05, 0) is 30.9 Å². The van der Waals surface area contributed by atoms with Gasteiger partial charge in [-0.2, -0.15) is 11.8 Å². The first kappa shape index (κ1) is 20.3. The molecule has 1 aliphatic rings. The van der Waals surface area contributed by atoms with Crippen LogP contribution in [-0.4, -0.2) is 50.3 Å². The average molecular weight is 415 g/mol. The molecule has 2 N–H and O–H groups in total. The van der Waals surface area contributed by atoms with Crippen molar-refractivity contribution in [2.24, 2.45) is 10.9 Å². The van der Waals surface area contributed by atoms with Gasteiger partial charge in [-0.25, -0.2) is 0 Å². The van der Waals surface area contributed by atoms with Crippen LogP contribution in [0.5, 0.6) is 0 Å². The minimum atomic E-state index is 0. The Morgan fingerprint density at radius 1 is 1.35 bits per heavy atom. The maximum atomic E-state index is 5.57. The van der Waals surface area contributed by atoms with Crippen LogP contribution in [-0.2, 0) is 4.74 Å². The van der Waals surface area contributed by atoms with Crippen molar-refractivity contribution < 1.29 is 4.74 Å². The molecule has 0 aromatic rings. The summed E-state index contributed by atoms with van der Waals surface area (Å²) < 4.78 is 5.57. The second-order valence-electron chi connectivity index (χ2n) is 5.31. The van der Waals surface area contributed by atoms with Gasteiger partial charge in [-0.1, -0.05) is 13.8 Å². The Bertz CT molecular complexity index is 259. The molecule has 0 saturated carbocycles. The second kappa shape index (κ2) is 13.0. The fraction of sp³-hybridized carbons (Fsp3) is 0.929. The van der Waals surface area contributed by atoms with E-state index in [4.69, 9.17) is 4.74 Å². The number of nitrogens with one attached hydrogen (secondary N) is 2. The summed E-state index contributed by atoms with van der Waals surface area (Å²) in [6.07, 6.45) is 3.81. The highest BCUT2D eigenvalue weighted by Crippen LogP contribution is 2.25. The third-order valence-corrected chi connectivity index (χ3v) is 4.52. The molecule has 1 rings (SSSR count). The zero-order valence-electron chi connectivity index (χ0n) is 13.0. The largest absolute Gasteiger partial charge is 0.380 e. The average Bonchev–Trinajstić information content (AvgIpc) is 2.90. The Labute approximate surface area is 145 Å². The van der Waals surface area contributed by atoms with Gasteiger partial charge in [-0.15, -0.1) is 24.0 Å². The molecule has 1 heterocycles. The maximum Gasteiger partial charge on any atom is 0.191 e. The smallest absolute Gasteiger partial charge is 0.191 e. The zero-order valence-corrected chi connectivity index (χ0v) is 16.1. The van der Waals surface area contributed by atoms with Crippen LogP contribution in [0.25, 0.3) is 0 Å². The zero-order chi connectivity index (χ0) is 13.9. The van der Waals surface area contributed by atoms with Crippen LogP contribution in [0.15, 0.2) is 4.99 Å². The predicted octanol–water partition coefficient (Wildman–Crippen LogP) is 2.73. The topological polar surface area (TPSA) is 45.7 Å². The highest BCUT2D eigenvalue weighted by atomic mass is 127. The van der Waals surface area contributed by atoms with Gasteiger partial charge in [-0.3, -0.25) is 4.99 Å². The number of thioether (sulfide) groups is 1. The lowest BCUT2D eigenvalue weighted by atomic mass is 10.1. The van der Waals surface area contributed by atoms with E-state index in [1.165, 1.54) is 18.6 Å². The highest BCUT2D eigenvalue weighted by molar-refractivity contribution is 14.0. The molecule has 1 aliphatic heterocycles. The Morgan fingerprint density at radius 3 is 2.75 bits per heavy atom. The first-order chi connectivity index (χ1) is 9.22. The number of aliphatic imine (C=N–C) groups is 1. The number of hydrogen-bond acceptors (Lipinski definition) is 3. The molecule has 0 spiro atoms. The van der Waals surface area contributed by atoms with E-state index in [9.17, 15) is 0 Å². The number of halogens is 1. The molecule has 4 nitrogen and oxygen atoms in total. The lowest BCUT2D eigenvalue weighted by Gasteiger charge is -2.15. The first-order valence-electron chi connectivity index (χ1n) is 7.36. The van der Waals surface area contributed by atoms with Crippen molar-refractivity contribution in [3.63, 3.8) is 0 Å². The van der Waals surface area contributed by atoms with Crippen LogP contribution in [0.3, 0.4) is 0 Å². The SMILES string of the molecule is CN=C(NCCOCCC(C)C)NCC1CCCS1.I. The highest BCUT2D eigenvalue weighted by Gasteiger charge is 2.15. The summed E-state index contributed by atoms with van der Waals surface area (Å²) in [5, 5.41) is 7.42. The van der Waals surface area contributed by atoms with E-state index < -0.39 is 0 Å². The number of nitrogens with zero attached hydrogens (tertiary/aromatic N) is 1. The number of rotatable bonds is 8. The summed E-state index contributed by atoms with van der Waals surface area (Å²) in [5.41, 5.74) is 0. The third kappa shape index (κ3) is 10.1. The summed E-state index contributed by atoms with van der Waals surface area (Å²) in [4.78, 5) is 4.22. The van der Waals surface area contributed by atoms with Gasteiger partial charge in [0.2, 0.25) is 0 Å². The number of hydrogen-bond donors (Lipinski definition) is 2. The lowest BCUT2D eigenvalue weighted by molar-refractivity contribution is 0.128. The molecule has 1 saturated heterocycles. The van der Waals surface area contributed by atoms with E-state index in [1.54, 1.807) is 0 Å². The molecule has 20 heavy (non-hydrogen) atoms. The Kier molecular flexibility index (Phi) is 13.2. The van der Waals surface area contributed by atoms with Gasteiger partial charge in [0.15, 0.2) is 5.96 Å². The van der Waals surface area contributed by atoms with E-state index in [0.29, 0.717) is 5.92 Å². The summed E-state index contributed by atoms with van der Waals surface area (Å²) in [6.45, 7) is 7.85. The summed E-state index contributed by atoms with van der Waals surface area (Å²) in [5.74, 6) is 2.91. The van der Waals surface area contributed by atoms with E-state index >= 15 is 0 Å². The van der Waals surface area contributed by atoms with Gasteiger partial charge in [0, 0.05) is 32.0 Å². The van der Waals surface area contributed by atoms with Crippen molar-refractivity contribution in [2.75, 3.05) is 39.1 Å². The normalized spacial score (nSPS) is 19.0. The summed E-state index contributed by atoms with van der Waals surface area (Å²) in [6, 6.07) is 0. The molecular weight excluding hydrogens is 385 g/mol. The van der Waals surface area contributed by atoms with Crippen molar-refractivity contribution in [3.05, 3.63) is 0 Å². The van der Waals surface area contributed by atoms with Gasteiger partial charge >= 0.3 is 0 Å². The standard InChI is InChI=1S/C14H29N3OS.HI/c1-12(2)6-8-18-9-7-16-14(15-3)17-11-13-5-4-10-19-13;/h12-13H,4-11H2,1-3H3,(H2,15,16,17);1H. The molecule has 0 amide bonds. The monoisotopic (exact) mass is 415 g/mol. The second-order valence-corrected chi connectivity index (χ2v) is 6.72. The molecule has 1 unspecified atom stereocenters. The van der Waals surface area contributed by atoms with Crippen LogP contribution < -0.4 is 10.6 Å². The van der Waals surface area contributed by atoms with Gasteiger partial charge in [0.25, 0.3) is 0 Å².